The van der Waals surface area contributed by atoms with Crippen molar-refractivity contribution in [2.45, 2.75) is 204 Å². The molecule has 0 aromatic heterocycles. The first-order valence-corrected chi connectivity index (χ1v) is 18.9. The summed E-state index contributed by atoms with van der Waals surface area (Å²) in [6.45, 7) is 3.51. The average molecular weight is 658 g/mol. The van der Waals surface area contributed by atoms with Crippen molar-refractivity contribution in [2.24, 2.45) is 0 Å². The number of aliphatic hydroxyl groups excluding tert-OH is 5. The second-order valence-corrected chi connectivity index (χ2v) is 13.4. The van der Waals surface area contributed by atoms with Gasteiger partial charge in [-0.25, -0.2) is 0 Å². The Hall–Kier alpha value is -1.07. The average Bonchev–Trinajstić information content (AvgIpc) is 3.05. The lowest BCUT2D eigenvalue weighted by Gasteiger charge is -2.40. The van der Waals surface area contributed by atoms with Crippen LogP contribution in [0.2, 0.25) is 0 Å². The number of unbranched alkanes of at least 4 members (excludes halogenated alkanes) is 20. The molecule has 6 N–H and O–H groups in total. The smallest absolute Gasteiger partial charge is 0.220 e. The van der Waals surface area contributed by atoms with E-state index in [-0.39, 0.29) is 12.5 Å². The minimum Gasteiger partial charge on any atom is -0.394 e. The third kappa shape index (κ3) is 20.3. The Kier molecular flexibility index (Phi) is 27.0. The monoisotopic (exact) mass is 658 g/mol. The van der Waals surface area contributed by atoms with Gasteiger partial charge in [-0.1, -0.05) is 148 Å². The van der Waals surface area contributed by atoms with E-state index in [2.05, 4.69) is 12.2 Å². The summed E-state index contributed by atoms with van der Waals surface area (Å²) in [5, 5.41) is 53.3. The molecule has 0 radical (unpaired) electrons. The van der Waals surface area contributed by atoms with Crippen molar-refractivity contribution >= 4 is 5.91 Å². The number of rotatable bonds is 30. The molecule has 0 bridgehead atoms. The van der Waals surface area contributed by atoms with Crippen LogP contribution >= 0.6 is 0 Å². The number of hydrogen-bond acceptors (Lipinski definition) is 8. The van der Waals surface area contributed by atoms with Gasteiger partial charge in [-0.15, -0.1) is 0 Å². The molecule has 1 heterocycles. The number of aliphatic hydroxyl groups is 5. The van der Waals surface area contributed by atoms with Crippen LogP contribution in [0, 0.1) is 0 Å². The highest BCUT2D eigenvalue weighted by atomic mass is 16.7. The van der Waals surface area contributed by atoms with Crippen molar-refractivity contribution in [3.05, 3.63) is 12.2 Å². The van der Waals surface area contributed by atoms with Crippen LogP contribution in [0.25, 0.3) is 0 Å². The molecule has 0 saturated carbocycles. The molecule has 1 amide bonds. The highest BCUT2D eigenvalue weighted by molar-refractivity contribution is 5.76. The van der Waals surface area contributed by atoms with E-state index in [1.54, 1.807) is 6.08 Å². The molecule has 0 aromatic rings. The van der Waals surface area contributed by atoms with E-state index >= 15 is 0 Å². The molecule has 1 rings (SSSR count). The van der Waals surface area contributed by atoms with Gasteiger partial charge in [0.15, 0.2) is 6.29 Å². The normalized spacial score (nSPS) is 23.2. The van der Waals surface area contributed by atoms with Gasteiger partial charge in [0.05, 0.1) is 25.4 Å². The first-order valence-electron chi connectivity index (χ1n) is 18.9. The van der Waals surface area contributed by atoms with Gasteiger partial charge in [-0.3, -0.25) is 4.79 Å². The zero-order valence-electron chi connectivity index (χ0n) is 29.3. The van der Waals surface area contributed by atoms with E-state index in [0.29, 0.717) is 6.42 Å². The van der Waals surface area contributed by atoms with E-state index in [0.717, 1.165) is 32.1 Å². The third-order valence-corrected chi connectivity index (χ3v) is 9.11. The fraction of sp³-hybridized carbons (Fsp3) is 0.919. The molecule has 9 nitrogen and oxygen atoms in total. The van der Waals surface area contributed by atoms with Crippen LogP contribution in [0.4, 0.5) is 0 Å². The second kappa shape index (κ2) is 28.9. The summed E-state index contributed by atoms with van der Waals surface area (Å²) in [6.07, 6.45) is 23.8. The summed E-state index contributed by atoms with van der Waals surface area (Å²) in [5.41, 5.74) is 0. The largest absolute Gasteiger partial charge is 0.394 e. The predicted molar refractivity (Wildman–Crippen MR) is 184 cm³/mol. The van der Waals surface area contributed by atoms with Crippen molar-refractivity contribution in [2.75, 3.05) is 13.2 Å². The summed E-state index contributed by atoms with van der Waals surface area (Å²) in [4.78, 5) is 12.4. The van der Waals surface area contributed by atoms with Gasteiger partial charge < -0.3 is 40.3 Å². The van der Waals surface area contributed by atoms with Crippen LogP contribution in [-0.4, -0.2) is 87.5 Å². The Balaban J connectivity index is 2.19. The lowest BCUT2D eigenvalue weighted by atomic mass is 9.99. The maximum absolute atomic E-state index is 12.4. The number of carbonyl (C=O) groups excluding carboxylic acids is 1. The summed E-state index contributed by atoms with van der Waals surface area (Å²) in [6, 6.07) is -0.793. The van der Waals surface area contributed by atoms with Gasteiger partial charge in [-0.2, -0.15) is 0 Å². The van der Waals surface area contributed by atoms with Crippen LogP contribution in [0.15, 0.2) is 12.2 Å². The summed E-state index contributed by atoms with van der Waals surface area (Å²) >= 11 is 0. The first-order chi connectivity index (χ1) is 22.3. The molecule has 7 unspecified atom stereocenters. The maximum Gasteiger partial charge on any atom is 0.220 e. The van der Waals surface area contributed by atoms with Crippen molar-refractivity contribution in [3.8, 4) is 0 Å². The van der Waals surface area contributed by atoms with Crippen molar-refractivity contribution in [1.82, 2.24) is 5.32 Å². The predicted octanol–water partition coefficient (Wildman–Crippen LogP) is 6.22. The van der Waals surface area contributed by atoms with Gasteiger partial charge in [0.25, 0.3) is 0 Å². The molecule has 0 aliphatic carbocycles. The SMILES string of the molecule is CCCCCCCCCCCCCCCCCCCCC/C=C/C(O)C(COC1OC(CO)C(O)C(O)C1O)NC(=O)CCCC. The summed E-state index contributed by atoms with van der Waals surface area (Å²) < 4.78 is 11.0. The van der Waals surface area contributed by atoms with Gasteiger partial charge in [0.2, 0.25) is 5.91 Å². The fourth-order valence-electron chi connectivity index (χ4n) is 5.96. The van der Waals surface area contributed by atoms with Crippen molar-refractivity contribution in [1.29, 1.82) is 0 Å². The highest BCUT2D eigenvalue weighted by Gasteiger charge is 2.44. The first kappa shape index (κ1) is 43.0. The zero-order valence-corrected chi connectivity index (χ0v) is 29.3. The van der Waals surface area contributed by atoms with E-state index in [9.17, 15) is 30.3 Å². The Morgan fingerprint density at radius 2 is 1.20 bits per heavy atom. The zero-order chi connectivity index (χ0) is 33.8. The molecule has 1 aliphatic rings. The van der Waals surface area contributed by atoms with E-state index in [4.69, 9.17) is 9.47 Å². The van der Waals surface area contributed by atoms with Crippen LogP contribution in [0.1, 0.15) is 162 Å². The van der Waals surface area contributed by atoms with Crippen molar-refractivity contribution in [3.63, 3.8) is 0 Å². The number of hydrogen-bond donors (Lipinski definition) is 6. The van der Waals surface area contributed by atoms with E-state index < -0.39 is 49.5 Å². The lowest BCUT2D eigenvalue weighted by Crippen LogP contribution is -2.60. The lowest BCUT2D eigenvalue weighted by molar-refractivity contribution is -0.302. The van der Waals surface area contributed by atoms with Gasteiger partial charge in [-0.05, 0) is 19.3 Å². The molecule has 1 fully saturated rings. The second-order valence-electron chi connectivity index (χ2n) is 13.4. The molecule has 0 aromatic carbocycles. The quantitative estimate of drug-likeness (QED) is 0.0394. The Morgan fingerprint density at radius 3 is 1.67 bits per heavy atom. The van der Waals surface area contributed by atoms with Gasteiger partial charge in [0, 0.05) is 6.42 Å². The fourth-order valence-corrected chi connectivity index (χ4v) is 5.96. The van der Waals surface area contributed by atoms with E-state index in [1.165, 1.54) is 109 Å². The standard InChI is InChI=1S/C37H71NO8/c1-3-5-7-8-9-10-11-12-13-14-15-16-17-18-19-20-21-22-23-24-25-26-31(40)30(38-33(41)27-6-4-2)29-45-37-36(44)35(43)34(42)32(28-39)46-37/h25-26,30-32,34-37,39-40,42-44H,3-24,27-29H2,1-2H3,(H,38,41)/b26-25+. The maximum atomic E-state index is 12.4. The molecule has 0 spiro atoms. The Morgan fingerprint density at radius 1 is 0.717 bits per heavy atom. The van der Waals surface area contributed by atoms with Gasteiger partial charge in [0.1, 0.15) is 24.4 Å². The van der Waals surface area contributed by atoms with Crippen LogP contribution in [0.3, 0.4) is 0 Å². The van der Waals surface area contributed by atoms with Crippen LogP contribution in [-0.2, 0) is 14.3 Å². The molecular formula is C37H71NO8. The van der Waals surface area contributed by atoms with E-state index in [1.807, 2.05) is 13.0 Å². The topological polar surface area (TPSA) is 149 Å². The summed E-state index contributed by atoms with van der Waals surface area (Å²) in [5.74, 6) is -0.212. The highest BCUT2D eigenvalue weighted by Crippen LogP contribution is 2.22. The van der Waals surface area contributed by atoms with Crippen LogP contribution < -0.4 is 5.32 Å². The molecule has 46 heavy (non-hydrogen) atoms. The Bertz CT molecular complexity index is 736. The molecule has 1 saturated heterocycles. The molecule has 272 valence electrons. The number of allylic oxidation sites excluding steroid dienone is 1. The number of carbonyl (C=O) groups is 1. The van der Waals surface area contributed by atoms with Crippen molar-refractivity contribution < 1.29 is 39.8 Å². The number of nitrogens with one attached hydrogen (secondary N) is 1. The Labute approximate surface area is 280 Å². The molecule has 9 heteroatoms. The number of ether oxygens (including phenoxy) is 2. The molecular weight excluding hydrogens is 586 g/mol. The van der Waals surface area contributed by atoms with Gasteiger partial charge >= 0.3 is 0 Å². The van der Waals surface area contributed by atoms with Crippen LogP contribution in [0.5, 0.6) is 0 Å². The minimum absolute atomic E-state index is 0.189. The molecule has 1 aliphatic heterocycles. The molecule has 7 atom stereocenters. The summed E-state index contributed by atoms with van der Waals surface area (Å²) in [7, 11) is 0. The number of amides is 1. The third-order valence-electron chi connectivity index (χ3n) is 9.11. The minimum atomic E-state index is -1.56.